The van der Waals surface area contributed by atoms with Crippen LogP contribution in [0, 0.1) is 5.92 Å². The molecule has 0 radical (unpaired) electrons. The molecule has 2 unspecified atom stereocenters. The van der Waals surface area contributed by atoms with Crippen molar-refractivity contribution in [2.75, 3.05) is 13.1 Å². The molecule has 1 heterocycles. The van der Waals surface area contributed by atoms with Gasteiger partial charge in [0, 0.05) is 6.54 Å². The fourth-order valence-electron chi connectivity index (χ4n) is 1.87. The van der Waals surface area contributed by atoms with Crippen LogP contribution in [0.1, 0.15) is 34.1 Å². The van der Waals surface area contributed by atoms with Crippen molar-refractivity contribution in [3.8, 4) is 0 Å². The molecule has 0 aliphatic carbocycles. The first-order valence-electron chi connectivity index (χ1n) is 6.00. The van der Waals surface area contributed by atoms with Gasteiger partial charge < -0.3 is 19.8 Å². The van der Waals surface area contributed by atoms with Crippen LogP contribution in [0.15, 0.2) is 0 Å². The number of amides is 1. The number of hydrogen-bond donors (Lipinski definition) is 2. The first-order chi connectivity index (χ1) is 8.06. The molecule has 2 atom stereocenters. The Hall–Kier alpha value is -1.30. The molecular formula is C12H21NO5. The van der Waals surface area contributed by atoms with E-state index in [1.54, 1.807) is 27.7 Å². The number of carbonyl (C=O) groups is 2. The fourth-order valence-corrected chi connectivity index (χ4v) is 1.87. The molecule has 0 aromatic carbocycles. The van der Waals surface area contributed by atoms with E-state index in [0.29, 0.717) is 13.0 Å². The molecule has 1 rings (SSSR count). The van der Waals surface area contributed by atoms with E-state index in [-0.39, 0.29) is 6.54 Å². The molecule has 1 aliphatic heterocycles. The standard InChI is InChI=1S/C12H21NO5/c1-8-5-6-13(7-12(8,17)9(14)15)10(16)18-11(2,3)4/h8,17H,5-7H2,1-4H3,(H,14,15). The van der Waals surface area contributed by atoms with Crippen LogP contribution >= 0.6 is 0 Å². The molecule has 1 fully saturated rings. The number of aliphatic hydroxyl groups is 1. The quantitative estimate of drug-likeness (QED) is 0.735. The van der Waals surface area contributed by atoms with Crippen molar-refractivity contribution in [3.05, 3.63) is 0 Å². The number of carbonyl (C=O) groups excluding carboxylic acids is 1. The predicted molar refractivity (Wildman–Crippen MR) is 64.2 cm³/mol. The van der Waals surface area contributed by atoms with E-state index in [0.717, 1.165) is 0 Å². The van der Waals surface area contributed by atoms with Crippen LogP contribution in [0.2, 0.25) is 0 Å². The molecule has 1 saturated heterocycles. The third-order valence-corrected chi connectivity index (χ3v) is 3.10. The molecule has 6 nitrogen and oxygen atoms in total. The summed E-state index contributed by atoms with van der Waals surface area (Å²) in [4.78, 5) is 24.2. The summed E-state index contributed by atoms with van der Waals surface area (Å²) in [5.41, 5.74) is -2.53. The summed E-state index contributed by atoms with van der Waals surface area (Å²) < 4.78 is 5.17. The molecule has 0 bridgehead atoms. The van der Waals surface area contributed by atoms with Gasteiger partial charge in [-0.25, -0.2) is 9.59 Å². The molecule has 0 saturated carbocycles. The average molecular weight is 259 g/mol. The maximum absolute atomic E-state index is 11.8. The van der Waals surface area contributed by atoms with Crippen molar-refractivity contribution in [2.45, 2.75) is 45.3 Å². The fraction of sp³-hybridized carbons (Fsp3) is 0.833. The summed E-state index contributed by atoms with van der Waals surface area (Å²) in [5.74, 6) is -1.70. The summed E-state index contributed by atoms with van der Waals surface area (Å²) >= 11 is 0. The van der Waals surface area contributed by atoms with E-state index in [9.17, 15) is 14.7 Å². The van der Waals surface area contributed by atoms with Gasteiger partial charge in [0.05, 0.1) is 6.54 Å². The molecule has 1 aliphatic rings. The number of carboxylic acid groups (broad SMARTS) is 1. The van der Waals surface area contributed by atoms with Crippen LogP contribution in [-0.2, 0) is 9.53 Å². The second-order valence-electron chi connectivity index (χ2n) is 5.82. The lowest BCUT2D eigenvalue weighted by Gasteiger charge is -2.40. The summed E-state index contributed by atoms with van der Waals surface area (Å²) in [6.45, 7) is 7.03. The molecule has 2 N–H and O–H groups in total. The van der Waals surface area contributed by atoms with Crippen molar-refractivity contribution >= 4 is 12.1 Å². The van der Waals surface area contributed by atoms with Gasteiger partial charge in [-0.2, -0.15) is 0 Å². The number of nitrogens with zero attached hydrogens (tertiary/aromatic N) is 1. The Morgan fingerprint density at radius 2 is 1.94 bits per heavy atom. The summed E-state index contributed by atoms with van der Waals surface area (Å²) in [5, 5.41) is 19.2. The van der Waals surface area contributed by atoms with E-state index in [1.165, 1.54) is 4.90 Å². The summed E-state index contributed by atoms with van der Waals surface area (Å²) in [7, 11) is 0. The second-order valence-corrected chi connectivity index (χ2v) is 5.82. The SMILES string of the molecule is CC1CCN(C(=O)OC(C)(C)C)CC1(O)C(=O)O. The Kier molecular flexibility index (Phi) is 3.90. The Morgan fingerprint density at radius 3 is 2.39 bits per heavy atom. The van der Waals surface area contributed by atoms with Gasteiger partial charge in [-0.15, -0.1) is 0 Å². The first-order valence-corrected chi connectivity index (χ1v) is 6.00. The van der Waals surface area contributed by atoms with Gasteiger partial charge in [0.25, 0.3) is 0 Å². The highest BCUT2D eigenvalue weighted by Crippen LogP contribution is 2.28. The van der Waals surface area contributed by atoms with Crippen LogP contribution < -0.4 is 0 Å². The van der Waals surface area contributed by atoms with E-state index in [2.05, 4.69) is 0 Å². The normalized spacial score (nSPS) is 28.9. The molecule has 6 heteroatoms. The van der Waals surface area contributed by atoms with Crippen LogP contribution in [0.25, 0.3) is 0 Å². The van der Waals surface area contributed by atoms with Crippen molar-refractivity contribution in [1.82, 2.24) is 4.90 Å². The molecule has 104 valence electrons. The predicted octanol–water partition coefficient (Wildman–Crippen LogP) is 1.08. The van der Waals surface area contributed by atoms with Gasteiger partial charge >= 0.3 is 12.1 Å². The Bertz CT molecular complexity index is 349. The summed E-state index contributed by atoms with van der Waals surface area (Å²) in [6.07, 6.45) is -0.156. The van der Waals surface area contributed by atoms with Crippen LogP contribution in [0.4, 0.5) is 4.79 Å². The molecule has 18 heavy (non-hydrogen) atoms. The average Bonchev–Trinajstić information content (AvgIpc) is 2.19. The third kappa shape index (κ3) is 3.13. The smallest absolute Gasteiger partial charge is 0.410 e. The first kappa shape index (κ1) is 14.8. The highest BCUT2D eigenvalue weighted by Gasteiger charge is 2.47. The number of likely N-dealkylation sites (tertiary alicyclic amines) is 1. The molecule has 1 amide bonds. The number of rotatable bonds is 1. The highest BCUT2D eigenvalue weighted by molar-refractivity contribution is 5.79. The number of hydrogen-bond acceptors (Lipinski definition) is 4. The number of carboxylic acids is 1. The summed E-state index contributed by atoms with van der Waals surface area (Å²) in [6, 6.07) is 0. The van der Waals surface area contributed by atoms with Crippen LogP contribution in [0.5, 0.6) is 0 Å². The van der Waals surface area contributed by atoms with Crippen molar-refractivity contribution in [2.24, 2.45) is 5.92 Å². The zero-order valence-corrected chi connectivity index (χ0v) is 11.3. The lowest BCUT2D eigenvalue weighted by molar-refractivity contribution is -0.170. The number of aliphatic carboxylic acids is 1. The minimum Gasteiger partial charge on any atom is -0.479 e. The molecule has 0 spiro atoms. The van der Waals surface area contributed by atoms with Gasteiger partial charge in [0.15, 0.2) is 5.60 Å². The maximum Gasteiger partial charge on any atom is 0.410 e. The van der Waals surface area contributed by atoms with Crippen molar-refractivity contribution in [3.63, 3.8) is 0 Å². The molecular weight excluding hydrogens is 238 g/mol. The molecule has 0 aromatic heterocycles. The Labute approximate surface area is 107 Å². The molecule has 0 aromatic rings. The largest absolute Gasteiger partial charge is 0.479 e. The lowest BCUT2D eigenvalue weighted by atomic mass is 9.83. The van der Waals surface area contributed by atoms with E-state index >= 15 is 0 Å². The van der Waals surface area contributed by atoms with Crippen LogP contribution in [0.3, 0.4) is 0 Å². The van der Waals surface area contributed by atoms with E-state index in [4.69, 9.17) is 9.84 Å². The van der Waals surface area contributed by atoms with E-state index < -0.39 is 29.2 Å². The third-order valence-electron chi connectivity index (χ3n) is 3.10. The maximum atomic E-state index is 11.8. The van der Waals surface area contributed by atoms with Crippen LogP contribution in [-0.4, -0.2) is 51.5 Å². The number of β-amino-alcohol motifs (C(OH)–C–C–N with tert-alkyl or cyclic N) is 1. The van der Waals surface area contributed by atoms with Crippen molar-refractivity contribution < 1.29 is 24.5 Å². The monoisotopic (exact) mass is 259 g/mol. The van der Waals surface area contributed by atoms with Crippen molar-refractivity contribution in [1.29, 1.82) is 0 Å². The minimum atomic E-state index is -1.89. The minimum absolute atomic E-state index is 0.238. The van der Waals surface area contributed by atoms with Gasteiger partial charge in [-0.3, -0.25) is 0 Å². The zero-order valence-electron chi connectivity index (χ0n) is 11.3. The second kappa shape index (κ2) is 4.76. The zero-order chi connectivity index (χ0) is 14.1. The number of piperidine rings is 1. The highest BCUT2D eigenvalue weighted by atomic mass is 16.6. The number of ether oxygens (including phenoxy) is 1. The Balaban J connectivity index is 2.77. The topological polar surface area (TPSA) is 87.1 Å². The van der Waals surface area contributed by atoms with Gasteiger partial charge in [-0.05, 0) is 33.1 Å². The lowest BCUT2D eigenvalue weighted by Crippen LogP contribution is -2.59. The van der Waals surface area contributed by atoms with Gasteiger partial charge in [0.1, 0.15) is 5.60 Å². The Morgan fingerprint density at radius 1 is 1.39 bits per heavy atom. The van der Waals surface area contributed by atoms with E-state index in [1.807, 2.05) is 0 Å². The van der Waals surface area contributed by atoms with Gasteiger partial charge in [-0.1, -0.05) is 6.92 Å². The van der Waals surface area contributed by atoms with Gasteiger partial charge in [0.2, 0.25) is 0 Å².